The van der Waals surface area contributed by atoms with E-state index in [1.165, 1.54) is 12.0 Å². The molecule has 0 spiro atoms. The number of rotatable bonds is 2. The van der Waals surface area contributed by atoms with Crippen molar-refractivity contribution in [2.24, 2.45) is 5.73 Å². The third-order valence-electron chi connectivity index (χ3n) is 2.98. The average molecular weight is 205 g/mol. The van der Waals surface area contributed by atoms with Crippen molar-refractivity contribution in [3.63, 3.8) is 0 Å². The van der Waals surface area contributed by atoms with E-state index in [9.17, 15) is 5.11 Å². The number of hydrogen-bond donors (Lipinski definition) is 2. The molecule has 0 amide bonds. The van der Waals surface area contributed by atoms with Crippen LogP contribution in [0.25, 0.3) is 0 Å². The van der Waals surface area contributed by atoms with E-state index in [1.54, 1.807) is 0 Å². The van der Waals surface area contributed by atoms with Crippen LogP contribution in [0, 0.1) is 0 Å². The summed E-state index contributed by atoms with van der Waals surface area (Å²) in [7, 11) is 0. The highest BCUT2D eigenvalue weighted by molar-refractivity contribution is 5.48. The van der Waals surface area contributed by atoms with Crippen LogP contribution in [0.1, 0.15) is 37.0 Å². The van der Waals surface area contributed by atoms with Crippen molar-refractivity contribution >= 4 is 0 Å². The number of fused-ring (bicyclic) bond motifs is 1. The molecule has 0 saturated heterocycles. The minimum atomic E-state index is -0.260. The minimum absolute atomic E-state index is 0.260. The van der Waals surface area contributed by atoms with Crippen molar-refractivity contribution in [1.29, 1.82) is 0 Å². The van der Waals surface area contributed by atoms with E-state index in [0.717, 1.165) is 30.4 Å². The van der Waals surface area contributed by atoms with Gasteiger partial charge in [0.15, 0.2) is 0 Å². The normalized spacial score (nSPS) is 15.4. The first-order valence-corrected chi connectivity index (χ1v) is 5.59. The highest BCUT2D eigenvalue weighted by Crippen LogP contribution is 2.33. The third-order valence-corrected chi connectivity index (χ3v) is 2.98. The van der Waals surface area contributed by atoms with E-state index < -0.39 is 0 Å². The molecule has 3 N–H and O–H groups in total. The van der Waals surface area contributed by atoms with Gasteiger partial charge in [0.1, 0.15) is 5.75 Å². The lowest BCUT2D eigenvalue weighted by molar-refractivity contribution is 0.445. The van der Waals surface area contributed by atoms with Gasteiger partial charge in [0, 0.05) is 5.54 Å². The van der Waals surface area contributed by atoms with Gasteiger partial charge in [-0.3, -0.25) is 0 Å². The second kappa shape index (κ2) is 3.53. The van der Waals surface area contributed by atoms with Crippen LogP contribution in [0.3, 0.4) is 0 Å². The fraction of sp³-hybridized carbons (Fsp3) is 0.538. The van der Waals surface area contributed by atoms with Gasteiger partial charge in [0.25, 0.3) is 0 Å². The Morgan fingerprint density at radius 1 is 1.33 bits per heavy atom. The molecule has 0 fully saturated rings. The molecule has 2 heteroatoms. The van der Waals surface area contributed by atoms with Gasteiger partial charge in [-0.05, 0) is 56.2 Å². The Labute approximate surface area is 91.1 Å². The molecule has 82 valence electrons. The maximum absolute atomic E-state index is 10.1. The Morgan fingerprint density at radius 2 is 2.07 bits per heavy atom. The highest BCUT2D eigenvalue weighted by Gasteiger charge is 2.20. The fourth-order valence-electron chi connectivity index (χ4n) is 2.33. The highest BCUT2D eigenvalue weighted by atomic mass is 16.3. The molecule has 0 bridgehead atoms. The molecular formula is C13H19NO. The molecule has 2 nitrogen and oxygen atoms in total. The van der Waals surface area contributed by atoms with E-state index in [2.05, 4.69) is 6.07 Å². The molecule has 0 aromatic heterocycles. The lowest BCUT2D eigenvalue weighted by Gasteiger charge is -2.20. The van der Waals surface area contributed by atoms with Crippen LogP contribution in [0.4, 0.5) is 0 Å². The van der Waals surface area contributed by atoms with Crippen LogP contribution in [-0.4, -0.2) is 10.6 Å². The molecule has 0 heterocycles. The Balaban J connectivity index is 2.34. The van der Waals surface area contributed by atoms with Gasteiger partial charge in [0.05, 0.1) is 0 Å². The van der Waals surface area contributed by atoms with E-state index in [4.69, 9.17) is 5.73 Å². The zero-order valence-corrected chi connectivity index (χ0v) is 9.51. The number of phenolic OH excluding ortho intramolecular Hbond substituents is 1. The quantitative estimate of drug-likeness (QED) is 0.777. The molecule has 1 aromatic rings. The molecule has 15 heavy (non-hydrogen) atoms. The predicted molar refractivity (Wildman–Crippen MR) is 62.1 cm³/mol. The Hall–Kier alpha value is -1.02. The lowest BCUT2D eigenvalue weighted by atomic mass is 9.93. The Morgan fingerprint density at radius 3 is 2.73 bits per heavy atom. The Bertz CT molecular complexity index is 377. The summed E-state index contributed by atoms with van der Waals surface area (Å²) in [6.07, 6.45) is 4.01. The fourth-order valence-corrected chi connectivity index (χ4v) is 2.33. The summed E-state index contributed by atoms with van der Waals surface area (Å²) < 4.78 is 0. The first-order chi connectivity index (χ1) is 6.97. The van der Waals surface area contributed by atoms with Crippen molar-refractivity contribution in [3.8, 4) is 5.75 Å². The lowest BCUT2D eigenvalue weighted by Crippen LogP contribution is -2.34. The van der Waals surface area contributed by atoms with Gasteiger partial charge in [-0.25, -0.2) is 0 Å². The molecule has 0 saturated carbocycles. The van der Waals surface area contributed by atoms with Gasteiger partial charge in [0.2, 0.25) is 0 Å². The topological polar surface area (TPSA) is 46.2 Å². The second-order valence-corrected chi connectivity index (χ2v) is 5.23. The average Bonchev–Trinajstić information content (AvgIpc) is 2.56. The van der Waals surface area contributed by atoms with Crippen molar-refractivity contribution in [3.05, 3.63) is 28.8 Å². The van der Waals surface area contributed by atoms with Crippen LogP contribution in [0.2, 0.25) is 0 Å². The largest absolute Gasteiger partial charge is 0.507 e. The van der Waals surface area contributed by atoms with Crippen LogP contribution >= 0.6 is 0 Å². The van der Waals surface area contributed by atoms with E-state index in [-0.39, 0.29) is 5.54 Å². The number of aromatic hydroxyl groups is 1. The van der Waals surface area contributed by atoms with Crippen LogP contribution in [-0.2, 0) is 19.3 Å². The maximum atomic E-state index is 10.1. The number of nitrogens with two attached hydrogens (primary N) is 1. The Kier molecular flexibility index (Phi) is 2.47. The van der Waals surface area contributed by atoms with Crippen molar-refractivity contribution < 1.29 is 5.11 Å². The summed E-state index contributed by atoms with van der Waals surface area (Å²) >= 11 is 0. The van der Waals surface area contributed by atoms with Gasteiger partial charge < -0.3 is 10.8 Å². The number of aryl methyl sites for hydroxylation is 1. The summed E-state index contributed by atoms with van der Waals surface area (Å²) in [5.41, 5.74) is 9.16. The second-order valence-electron chi connectivity index (χ2n) is 5.23. The summed E-state index contributed by atoms with van der Waals surface area (Å²) in [6, 6.07) is 4.16. The van der Waals surface area contributed by atoms with Gasteiger partial charge in [-0.1, -0.05) is 12.1 Å². The number of benzene rings is 1. The molecule has 0 radical (unpaired) electrons. The zero-order chi connectivity index (χ0) is 11.1. The molecular weight excluding hydrogens is 186 g/mol. The van der Waals surface area contributed by atoms with Crippen LogP contribution in [0.5, 0.6) is 5.75 Å². The smallest absolute Gasteiger partial charge is 0.122 e. The standard InChI is InChI=1S/C13H19NO/c1-13(2,14)8-10-7-6-9-4-3-5-11(9)12(10)15/h6-7,15H,3-5,8,14H2,1-2H3. The van der Waals surface area contributed by atoms with Crippen molar-refractivity contribution in [2.45, 2.75) is 45.1 Å². The number of hydrogen-bond acceptors (Lipinski definition) is 2. The van der Waals surface area contributed by atoms with Gasteiger partial charge >= 0.3 is 0 Å². The zero-order valence-electron chi connectivity index (χ0n) is 9.51. The predicted octanol–water partition coefficient (Wildman–Crippen LogP) is 2.16. The van der Waals surface area contributed by atoms with E-state index in [1.807, 2.05) is 19.9 Å². The molecule has 0 atom stereocenters. The van der Waals surface area contributed by atoms with Crippen molar-refractivity contribution in [2.75, 3.05) is 0 Å². The SMILES string of the molecule is CC(C)(N)Cc1ccc2c(c1O)CCC2. The molecule has 1 aliphatic rings. The minimum Gasteiger partial charge on any atom is -0.507 e. The third kappa shape index (κ3) is 2.15. The van der Waals surface area contributed by atoms with Gasteiger partial charge in [-0.15, -0.1) is 0 Å². The van der Waals surface area contributed by atoms with E-state index >= 15 is 0 Å². The first-order valence-electron chi connectivity index (χ1n) is 5.59. The first kappa shape index (κ1) is 10.5. The molecule has 1 aromatic carbocycles. The van der Waals surface area contributed by atoms with Crippen LogP contribution in [0.15, 0.2) is 12.1 Å². The molecule has 0 aliphatic heterocycles. The monoisotopic (exact) mass is 205 g/mol. The summed E-state index contributed by atoms with van der Waals surface area (Å²) in [4.78, 5) is 0. The summed E-state index contributed by atoms with van der Waals surface area (Å²) in [6.45, 7) is 3.97. The van der Waals surface area contributed by atoms with Crippen LogP contribution < -0.4 is 5.73 Å². The summed E-state index contributed by atoms with van der Waals surface area (Å²) in [5.74, 6) is 0.489. The molecule has 0 unspecified atom stereocenters. The van der Waals surface area contributed by atoms with Crippen molar-refractivity contribution in [1.82, 2.24) is 0 Å². The number of phenols is 1. The molecule has 2 rings (SSSR count). The maximum Gasteiger partial charge on any atom is 0.122 e. The molecule has 1 aliphatic carbocycles. The van der Waals surface area contributed by atoms with Gasteiger partial charge in [-0.2, -0.15) is 0 Å². The van der Waals surface area contributed by atoms with E-state index in [0.29, 0.717) is 5.75 Å². The summed E-state index contributed by atoms with van der Waals surface area (Å²) in [5, 5.41) is 10.1.